The summed E-state index contributed by atoms with van der Waals surface area (Å²) in [4.78, 5) is 0. The Labute approximate surface area is 124 Å². The fourth-order valence-corrected chi connectivity index (χ4v) is 3.29. The van der Waals surface area contributed by atoms with E-state index in [4.69, 9.17) is 0 Å². The maximum absolute atomic E-state index is 12.6. The van der Waals surface area contributed by atoms with E-state index in [1.807, 2.05) is 6.92 Å². The Kier molecular flexibility index (Phi) is 4.97. The molecule has 1 aromatic carbocycles. The Hall–Kier alpha value is -1.03. The van der Waals surface area contributed by atoms with Crippen molar-refractivity contribution in [3.05, 3.63) is 35.4 Å². The molecule has 1 nitrogen and oxygen atoms in total. The number of alkyl halides is 3. The van der Waals surface area contributed by atoms with E-state index in [0.717, 1.165) is 17.9 Å². The second-order valence-corrected chi connectivity index (χ2v) is 6.51. The summed E-state index contributed by atoms with van der Waals surface area (Å²) in [5.41, 5.74) is 0.326. The molecule has 1 aromatic rings. The molecule has 4 unspecified atom stereocenters. The van der Waals surface area contributed by atoms with Gasteiger partial charge in [0.2, 0.25) is 0 Å². The van der Waals surface area contributed by atoms with Crippen molar-refractivity contribution in [3.63, 3.8) is 0 Å². The molecule has 4 heteroatoms. The smallest absolute Gasteiger partial charge is 0.307 e. The Morgan fingerprint density at radius 2 is 1.71 bits per heavy atom. The summed E-state index contributed by atoms with van der Waals surface area (Å²) in [5, 5.41) is 3.58. The second kappa shape index (κ2) is 6.39. The van der Waals surface area contributed by atoms with E-state index < -0.39 is 11.7 Å². The lowest BCUT2D eigenvalue weighted by Gasteiger charge is -2.35. The van der Waals surface area contributed by atoms with Gasteiger partial charge in [-0.1, -0.05) is 26.0 Å². The van der Waals surface area contributed by atoms with Gasteiger partial charge in [0.15, 0.2) is 0 Å². The summed E-state index contributed by atoms with van der Waals surface area (Å²) in [6.07, 6.45) is -0.671. The fourth-order valence-electron chi connectivity index (χ4n) is 3.29. The van der Waals surface area contributed by atoms with Crippen molar-refractivity contribution in [2.45, 2.75) is 58.3 Å². The maximum atomic E-state index is 12.6. The zero-order valence-electron chi connectivity index (χ0n) is 12.9. The Morgan fingerprint density at radius 1 is 1.10 bits per heavy atom. The van der Waals surface area contributed by atoms with E-state index in [1.54, 1.807) is 12.1 Å². The molecule has 0 bridgehead atoms. The first-order valence-electron chi connectivity index (χ1n) is 7.70. The van der Waals surface area contributed by atoms with Gasteiger partial charge in [-0.05, 0) is 55.7 Å². The third-order valence-electron chi connectivity index (χ3n) is 4.63. The molecule has 0 heterocycles. The van der Waals surface area contributed by atoms with E-state index in [2.05, 4.69) is 19.2 Å². The van der Waals surface area contributed by atoms with E-state index in [9.17, 15) is 13.2 Å². The van der Waals surface area contributed by atoms with E-state index in [-0.39, 0.29) is 6.04 Å². The molecule has 0 saturated heterocycles. The molecule has 0 aliphatic heterocycles. The Morgan fingerprint density at radius 3 is 2.24 bits per heavy atom. The summed E-state index contributed by atoms with van der Waals surface area (Å²) in [7, 11) is 0. The van der Waals surface area contributed by atoms with Gasteiger partial charge in [0, 0.05) is 12.1 Å². The molecule has 0 spiro atoms. The average molecular weight is 299 g/mol. The van der Waals surface area contributed by atoms with Crippen molar-refractivity contribution >= 4 is 0 Å². The van der Waals surface area contributed by atoms with Crippen LogP contribution in [0.25, 0.3) is 0 Å². The molecule has 1 aliphatic rings. The molecular formula is C17H24F3N. The fraction of sp³-hybridized carbons (Fsp3) is 0.647. The van der Waals surface area contributed by atoms with Crippen LogP contribution in [0, 0.1) is 11.8 Å². The first kappa shape index (κ1) is 16.3. The quantitative estimate of drug-likeness (QED) is 0.811. The molecule has 118 valence electrons. The van der Waals surface area contributed by atoms with Crippen LogP contribution in [-0.4, -0.2) is 6.04 Å². The van der Waals surface area contributed by atoms with Gasteiger partial charge in [0.05, 0.1) is 5.56 Å². The minimum Gasteiger partial charge on any atom is -0.307 e. The van der Waals surface area contributed by atoms with Crippen LogP contribution >= 0.6 is 0 Å². The predicted molar refractivity (Wildman–Crippen MR) is 79.0 cm³/mol. The van der Waals surface area contributed by atoms with Crippen molar-refractivity contribution in [1.82, 2.24) is 5.32 Å². The lowest BCUT2D eigenvalue weighted by atomic mass is 9.79. The molecule has 2 rings (SSSR count). The Bertz CT molecular complexity index is 452. The van der Waals surface area contributed by atoms with Crippen LogP contribution in [0.5, 0.6) is 0 Å². The molecular weight excluding hydrogens is 275 g/mol. The summed E-state index contributed by atoms with van der Waals surface area (Å²) in [6, 6.07) is 6.03. The largest absolute Gasteiger partial charge is 0.416 e. The van der Waals surface area contributed by atoms with Gasteiger partial charge in [-0.15, -0.1) is 0 Å². The van der Waals surface area contributed by atoms with Crippen LogP contribution in [0.15, 0.2) is 24.3 Å². The number of nitrogens with one attached hydrogen (secondary N) is 1. The highest BCUT2D eigenvalue weighted by Gasteiger charge is 2.30. The van der Waals surface area contributed by atoms with Gasteiger partial charge >= 0.3 is 6.18 Å². The van der Waals surface area contributed by atoms with Gasteiger partial charge in [-0.25, -0.2) is 0 Å². The summed E-state index contributed by atoms with van der Waals surface area (Å²) < 4.78 is 37.7. The van der Waals surface area contributed by atoms with Crippen molar-refractivity contribution in [2.24, 2.45) is 11.8 Å². The Balaban J connectivity index is 1.98. The SMILES string of the molecule is CC1CCC(NC(C)c2ccc(C(F)(F)F)cc2)C(C)C1. The van der Waals surface area contributed by atoms with Crippen molar-refractivity contribution in [1.29, 1.82) is 0 Å². The monoisotopic (exact) mass is 299 g/mol. The first-order chi connectivity index (χ1) is 9.77. The molecule has 1 fully saturated rings. The van der Waals surface area contributed by atoms with Crippen LogP contribution < -0.4 is 5.32 Å². The minimum atomic E-state index is -4.26. The van der Waals surface area contributed by atoms with E-state index >= 15 is 0 Å². The minimum absolute atomic E-state index is 0.0770. The molecule has 4 atom stereocenters. The topological polar surface area (TPSA) is 12.0 Å². The lowest BCUT2D eigenvalue weighted by Crippen LogP contribution is -2.40. The molecule has 21 heavy (non-hydrogen) atoms. The number of benzene rings is 1. The second-order valence-electron chi connectivity index (χ2n) is 6.51. The summed E-state index contributed by atoms with van der Waals surface area (Å²) in [5.74, 6) is 1.39. The van der Waals surface area contributed by atoms with Crippen LogP contribution in [-0.2, 0) is 6.18 Å². The van der Waals surface area contributed by atoms with Crippen LogP contribution in [0.2, 0.25) is 0 Å². The molecule has 1 N–H and O–H groups in total. The molecule has 0 aromatic heterocycles. The maximum Gasteiger partial charge on any atom is 0.416 e. The highest BCUT2D eigenvalue weighted by Crippen LogP contribution is 2.32. The summed E-state index contributed by atoms with van der Waals surface area (Å²) >= 11 is 0. The van der Waals surface area contributed by atoms with Crippen LogP contribution in [0.3, 0.4) is 0 Å². The summed E-state index contributed by atoms with van der Waals surface area (Å²) in [6.45, 7) is 6.56. The molecule has 0 amide bonds. The lowest BCUT2D eigenvalue weighted by molar-refractivity contribution is -0.137. The third-order valence-corrected chi connectivity index (χ3v) is 4.63. The number of rotatable bonds is 3. The number of halogens is 3. The number of hydrogen-bond donors (Lipinski definition) is 1. The zero-order valence-corrected chi connectivity index (χ0v) is 12.9. The van der Waals surface area contributed by atoms with Crippen molar-refractivity contribution < 1.29 is 13.2 Å². The van der Waals surface area contributed by atoms with Gasteiger partial charge in [0.1, 0.15) is 0 Å². The zero-order chi connectivity index (χ0) is 15.6. The molecule has 0 radical (unpaired) electrons. The van der Waals surface area contributed by atoms with Crippen LogP contribution in [0.4, 0.5) is 13.2 Å². The van der Waals surface area contributed by atoms with Crippen molar-refractivity contribution in [2.75, 3.05) is 0 Å². The predicted octanol–water partition coefficient (Wildman–Crippen LogP) is 5.18. The standard InChI is InChI=1S/C17H24F3N/c1-11-4-9-16(12(2)10-11)21-13(3)14-5-7-15(8-6-14)17(18,19)20/h5-8,11-13,16,21H,4,9-10H2,1-3H3. The van der Waals surface area contributed by atoms with Gasteiger partial charge in [-0.2, -0.15) is 13.2 Å². The highest BCUT2D eigenvalue weighted by atomic mass is 19.4. The van der Waals surface area contributed by atoms with E-state index in [0.29, 0.717) is 12.0 Å². The van der Waals surface area contributed by atoms with Gasteiger partial charge in [0.25, 0.3) is 0 Å². The first-order valence-corrected chi connectivity index (χ1v) is 7.70. The molecule has 1 saturated carbocycles. The third kappa shape index (κ3) is 4.22. The normalized spacial score (nSPS) is 28.4. The van der Waals surface area contributed by atoms with Gasteiger partial charge < -0.3 is 5.32 Å². The number of hydrogen-bond acceptors (Lipinski definition) is 1. The van der Waals surface area contributed by atoms with Crippen molar-refractivity contribution in [3.8, 4) is 0 Å². The highest BCUT2D eigenvalue weighted by molar-refractivity contribution is 5.26. The average Bonchev–Trinajstić information content (AvgIpc) is 2.41. The molecule has 1 aliphatic carbocycles. The van der Waals surface area contributed by atoms with E-state index in [1.165, 1.54) is 25.0 Å². The van der Waals surface area contributed by atoms with Gasteiger partial charge in [-0.3, -0.25) is 0 Å². The van der Waals surface area contributed by atoms with Crippen LogP contribution in [0.1, 0.15) is 57.2 Å².